The second kappa shape index (κ2) is 5.15. The van der Waals surface area contributed by atoms with E-state index >= 15 is 0 Å². The molecule has 0 radical (unpaired) electrons. The molecule has 0 saturated carbocycles. The van der Waals surface area contributed by atoms with Crippen LogP contribution >= 0.6 is 0 Å². The van der Waals surface area contributed by atoms with Crippen LogP contribution in [0.3, 0.4) is 0 Å². The fourth-order valence-electron chi connectivity index (χ4n) is 0.402. The first-order valence-electron chi connectivity index (χ1n) is 3.10. The van der Waals surface area contributed by atoms with Crippen LogP contribution in [0.2, 0.25) is 0 Å². The molecular weight excluding hydrogens is 114 g/mol. The Morgan fingerprint density at radius 3 is 2.44 bits per heavy atom. The van der Waals surface area contributed by atoms with Gasteiger partial charge >= 0.3 is 0 Å². The lowest BCUT2D eigenvalue weighted by atomic mass is 11.0. The highest BCUT2D eigenvalue weighted by Gasteiger charge is 1.80. The van der Waals surface area contributed by atoms with Crippen molar-refractivity contribution in [2.75, 3.05) is 12.4 Å². The van der Waals surface area contributed by atoms with Crippen molar-refractivity contribution in [3.63, 3.8) is 0 Å². The minimum absolute atomic E-state index is 0.806. The summed E-state index contributed by atoms with van der Waals surface area (Å²) in [5.41, 5.74) is 0. The Hall–Kier alpha value is -0.990. The Kier molecular flexibility index (Phi) is 4.59. The Morgan fingerprint density at radius 1 is 1.56 bits per heavy atom. The van der Waals surface area contributed by atoms with Gasteiger partial charge in [-0.15, -0.1) is 0 Å². The molecule has 9 heavy (non-hydrogen) atoms. The van der Waals surface area contributed by atoms with Gasteiger partial charge < -0.3 is 10.3 Å². The second-order valence-electron chi connectivity index (χ2n) is 1.19. The molecule has 1 heterocycles. The number of rotatable bonds is 1. The summed E-state index contributed by atoms with van der Waals surface area (Å²) >= 11 is 0. The van der Waals surface area contributed by atoms with Crippen molar-refractivity contribution >= 4 is 5.95 Å². The van der Waals surface area contributed by atoms with Crippen LogP contribution in [0.25, 0.3) is 0 Å². The Morgan fingerprint density at radius 2 is 2.22 bits per heavy atom. The summed E-state index contributed by atoms with van der Waals surface area (Å²) in [6, 6.07) is 0. The summed E-state index contributed by atoms with van der Waals surface area (Å²) in [5.74, 6) is 0.806. The van der Waals surface area contributed by atoms with Crippen LogP contribution < -0.4 is 5.32 Å². The van der Waals surface area contributed by atoms with E-state index in [1.807, 2.05) is 20.9 Å². The molecule has 0 aromatic carbocycles. The molecule has 0 unspecified atom stereocenters. The van der Waals surface area contributed by atoms with Gasteiger partial charge in [0.05, 0.1) is 0 Å². The van der Waals surface area contributed by atoms with Gasteiger partial charge in [-0.05, 0) is 0 Å². The molecule has 3 nitrogen and oxygen atoms in total. The van der Waals surface area contributed by atoms with Crippen molar-refractivity contribution in [1.82, 2.24) is 9.97 Å². The third-order valence-electron chi connectivity index (χ3n) is 0.735. The summed E-state index contributed by atoms with van der Waals surface area (Å²) in [7, 11) is 1.82. The van der Waals surface area contributed by atoms with Crippen LogP contribution in [0.15, 0.2) is 12.4 Å². The zero-order valence-corrected chi connectivity index (χ0v) is 6.10. The molecule has 0 aliphatic rings. The van der Waals surface area contributed by atoms with E-state index in [-0.39, 0.29) is 0 Å². The maximum Gasteiger partial charge on any atom is 0.199 e. The first kappa shape index (κ1) is 8.01. The maximum absolute atomic E-state index is 3.87. The van der Waals surface area contributed by atoms with Gasteiger partial charge in [0.25, 0.3) is 0 Å². The minimum atomic E-state index is 0.806. The van der Waals surface area contributed by atoms with Crippen LogP contribution in [0.5, 0.6) is 0 Å². The molecule has 2 N–H and O–H groups in total. The van der Waals surface area contributed by atoms with Gasteiger partial charge in [-0.1, -0.05) is 13.8 Å². The molecule has 1 aromatic heterocycles. The standard InChI is InChI=1S/C4H7N3.C2H6/c1-5-4-6-2-3-7-4;1-2/h2-3H,1H3,(H2,5,6,7);1-2H3. The van der Waals surface area contributed by atoms with Crippen molar-refractivity contribution in [2.45, 2.75) is 13.8 Å². The fourth-order valence-corrected chi connectivity index (χ4v) is 0.402. The zero-order valence-electron chi connectivity index (χ0n) is 6.10. The average Bonchev–Trinajstić information content (AvgIpc) is 2.43. The van der Waals surface area contributed by atoms with Gasteiger partial charge in [-0.2, -0.15) is 0 Å². The second-order valence-corrected chi connectivity index (χ2v) is 1.19. The van der Waals surface area contributed by atoms with Crippen molar-refractivity contribution in [3.05, 3.63) is 12.4 Å². The Labute approximate surface area is 55.5 Å². The molecule has 0 spiro atoms. The summed E-state index contributed by atoms with van der Waals surface area (Å²) < 4.78 is 0. The highest BCUT2D eigenvalue weighted by atomic mass is 15.1. The predicted molar refractivity (Wildman–Crippen MR) is 39.5 cm³/mol. The number of hydrogen-bond acceptors (Lipinski definition) is 2. The Bertz CT molecular complexity index is 123. The molecule has 1 rings (SSSR count). The van der Waals surface area contributed by atoms with E-state index in [0.29, 0.717) is 0 Å². The summed E-state index contributed by atoms with van der Waals surface area (Å²) in [6.45, 7) is 4.00. The lowest BCUT2D eigenvalue weighted by Gasteiger charge is -1.85. The van der Waals surface area contributed by atoms with Gasteiger partial charge in [0.15, 0.2) is 5.95 Å². The summed E-state index contributed by atoms with van der Waals surface area (Å²) in [6.07, 6.45) is 3.47. The van der Waals surface area contributed by atoms with Gasteiger partial charge in [0, 0.05) is 19.4 Å². The molecule has 52 valence electrons. The van der Waals surface area contributed by atoms with Crippen molar-refractivity contribution in [1.29, 1.82) is 0 Å². The normalized spacial score (nSPS) is 7.44. The molecule has 0 saturated heterocycles. The monoisotopic (exact) mass is 127 g/mol. The van der Waals surface area contributed by atoms with Crippen LogP contribution in [-0.2, 0) is 0 Å². The number of hydrogen-bond donors (Lipinski definition) is 2. The van der Waals surface area contributed by atoms with Crippen molar-refractivity contribution in [2.24, 2.45) is 0 Å². The molecule has 0 aliphatic carbocycles. The smallest absolute Gasteiger partial charge is 0.199 e. The average molecular weight is 127 g/mol. The molecule has 0 fully saturated rings. The number of imidazole rings is 1. The van der Waals surface area contributed by atoms with Gasteiger partial charge in [-0.3, -0.25) is 0 Å². The highest BCUT2D eigenvalue weighted by molar-refractivity contribution is 5.20. The lowest BCUT2D eigenvalue weighted by molar-refractivity contribution is 1.26. The predicted octanol–water partition coefficient (Wildman–Crippen LogP) is 1.48. The van der Waals surface area contributed by atoms with Gasteiger partial charge in [0.1, 0.15) is 0 Å². The molecule has 0 amide bonds. The van der Waals surface area contributed by atoms with Crippen molar-refractivity contribution < 1.29 is 0 Å². The zero-order chi connectivity index (χ0) is 7.11. The minimum Gasteiger partial charge on any atom is -0.359 e. The summed E-state index contributed by atoms with van der Waals surface area (Å²) in [5, 5.41) is 2.84. The van der Waals surface area contributed by atoms with E-state index < -0.39 is 0 Å². The van der Waals surface area contributed by atoms with E-state index in [0.717, 1.165) is 5.95 Å². The highest BCUT2D eigenvalue weighted by Crippen LogP contribution is 1.89. The number of anilines is 1. The topological polar surface area (TPSA) is 40.7 Å². The van der Waals surface area contributed by atoms with E-state index in [9.17, 15) is 0 Å². The van der Waals surface area contributed by atoms with E-state index in [1.165, 1.54) is 0 Å². The number of H-pyrrole nitrogens is 1. The van der Waals surface area contributed by atoms with Crippen molar-refractivity contribution in [3.8, 4) is 0 Å². The third-order valence-corrected chi connectivity index (χ3v) is 0.735. The quantitative estimate of drug-likeness (QED) is 0.600. The molecule has 3 heteroatoms. The lowest BCUT2D eigenvalue weighted by Crippen LogP contribution is -1.87. The third kappa shape index (κ3) is 2.74. The fraction of sp³-hybridized carbons (Fsp3) is 0.500. The largest absolute Gasteiger partial charge is 0.359 e. The SMILES string of the molecule is CC.CNc1ncc[nH]1. The summed E-state index contributed by atoms with van der Waals surface area (Å²) in [4.78, 5) is 6.73. The number of nitrogens with one attached hydrogen (secondary N) is 2. The number of nitrogens with zero attached hydrogens (tertiary/aromatic N) is 1. The molecule has 0 bridgehead atoms. The van der Waals surface area contributed by atoms with Crippen LogP contribution in [0.4, 0.5) is 5.95 Å². The van der Waals surface area contributed by atoms with Gasteiger partial charge in [0.2, 0.25) is 0 Å². The first-order chi connectivity index (χ1) is 4.43. The van der Waals surface area contributed by atoms with Crippen LogP contribution in [-0.4, -0.2) is 17.0 Å². The number of aromatic amines is 1. The molecular formula is C6H13N3. The first-order valence-corrected chi connectivity index (χ1v) is 3.10. The van der Waals surface area contributed by atoms with E-state index in [2.05, 4.69) is 15.3 Å². The Balaban J connectivity index is 0.000000291. The molecule has 0 aliphatic heterocycles. The van der Waals surface area contributed by atoms with E-state index in [1.54, 1.807) is 12.4 Å². The maximum atomic E-state index is 3.87. The van der Waals surface area contributed by atoms with Crippen LogP contribution in [0, 0.1) is 0 Å². The van der Waals surface area contributed by atoms with Gasteiger partial charge in [-0.25, -0.2) is 4.98 Å². The van der Waals surface area contributed by atoms with Crippen LogP contribution in [0.1, 0.15) is 13.8 Å². The molecule has 0 atom stereocenters. The number of aromatic nitrogens is 2. The van der Waals surface area contributed by atoms with E-state index in [4.69, 9.17) is 0 Å². The molecule has 1 aromatic rings.